The van der Waals surface area contributed by atoms with Crippen molar-refractivity contribution >= 4 is 5.91 Å². The second-order valence-corrected chi connectivity index (χ2v) is 4.57. The van der Waals surface area contributed by atoms with Crippen molar-refractivity contribution in [1.82, 2.24) is 5.32 Å². The first-order valence-corrected chi connectivity index (χ1v) is 5.72. The van der Waals surface area contributed by atoms with Crippen LogP contribution >= 0.6 is 0 Å². The fourth-order valence-corrected chi connectivity index (χ4v) is 1.55. The fraction of sp³-hybridized carbons (Fsp3) is 0.909. The van der Waals surface area contributed by atoms with Crippen LogP contribution in [0, 0.1) is 11.8 Å². The normalized spacial score (nSPS) is 23.9. The van der Waals surface area contributed by atoms with E-state index in [1.807, 2.05) is 0 Å². The molecule has 88 valence electrons. The summed E-state index contributed by atoms with van der Waals surface area (Å²) in [5, 5.41) is 2.89. The summed E-state index contributed by atoms with van der Waals surface area (Å²) in [7, 11) is 0. The van der Waals surface area contributed by atoms with Crippen molar-refractivity contribution in [2.24, 2.45) is 17.6 Å². The Kier molecular flexibility index (Phi) is 5.05. The molecule has 0 aromatic heterocycles. The molecule has 4 nitrogen and oxygen atoms in total. The quantitative estimate of drug-likeness (QED) is 0.717. The van der Waals surface area contributed by atoms with Gasteiger partial charge in [-0.25, -0.2) is 0 Å². The SMILES string of the molecule is CC(C)C(N)CNC(=O)C1CCCOC1. The van der Waals surface area contributed by atoms with Gasteiger partial charge in [-0.2, -0.15) is 0 Å². The largest absolute Gasteiger partial charge is 0.381 e. The van der Waals surface area contributed by atoms with Crippen molar-refractivity contribution < 1.29 is 9.53 Å². The Bertz CT molecular complexity index is 201. The Hall–Kier alpha value is -0.610. The van der Waals surface area contributed by atoms with E-state index in [1.165, 1.54) is 0 Å². The minimum atomic E-state index is 0.0260. The van der Waals surface area contributed by atoms with Gasteiger partial charge in [-0.3, -0.25) is 4.79 Å². The van der Waals surface area contributed by atoms with Crippen LogP contribution in [-0.4, -0.2) is 31.7 Å². The van der Waals surface area contributed by atoms with Crippen LogP contribution in [0.3, 0.4) is 0 Å². The Morgan fingerprint density at radius 1 is 1.60 bits per heavy atom. The lowest BCUT2D eigenvalue weighted by Gasteiger charge is -2.23. The first kappa shape index (κ1) is 12.5. The predicted octanol–water partition coefficient (Wildman–Crippen LogP) is 0.513. The third kappa shape index (κ3) is 4.18. The summed E-state index contributed by atoms with van der Waals surface area (Å²) in [5.41, 5.74) is 5.85. The van der Waals surface area contributed by atoms with Crippen molar-refractivity contribution in [3.8, 4) is 0 Å². The van der Waals surface area contributed by atoms with E-state index < -0.39 is 0 Å². The average Bonchev–Trinajstić information content (AvgIpc) is 2.26. The minimum Gasteiger partial charge on any atom is -0.381 e. The Labute approximate surface area is 91.5 Å². The van der Waals surface area contributed by atoms with Gasteiger partial charge < -0.3 is 15.8 Å². The Morgan fingerprint density at radius 2 is 2.33 bits per heavy atom. The third-order valence-electron chi connectivity index (χ3n) is 2.90. The molecule has 0 aromatic carbocycles. The van der Waals surface area contributed by atoms with Gasteiger partial charge in [0.1, 0.15) is 0 Å². The minimum absolute atomic E-state index is 0.0260. The maximum absolute atomic E-state index is 11.7. The van der Waals surface area contributed by atoms with Crippen LogP contribution < -0.4 is 11.1 Å². The molecule has 1 amide bonds. The summed E-state index contributed by atoms with van der Waals surface area (Å²) in [6.45, 7) is 6.02. The molecule has 0 radical (unpaired) electrons. The molecule has 1 aliphatic rings. The summed E-state index contributed by atoms with van der Waals surface area (Å²) in [4.78, 5) is 11.7. The molecular formula is C11H22N2O2. The van der Waals surface area contributed by atoms with E-state index in [0.29, 0.717) is 19.1 Å². The van der Waals surface area contributed by atoms with Crippen LogP contribution in [0.15, 0.2) is 0 Å². The van der Waals surface area contributed by atoms with Crippen LogP contribution in [0.25, 0.3) is 0 Å². The molecule has 4 heteroatoms. The smallest absolute Gasteiger partial charge is 0.225 e. The van der Waals surface area contributed by atoms with Gasteiger partial charge in [0.2, 0.25) is 5.91 Å². The maximum Gasteiger partial charge on any atom is 0.225 e. The monoisotopic (exact) mass is 214 g/mol. The summed E-state index contributed by atoms with van der Waals surface area (Å²) in [6, 6.07) is 0.0402. The zero-order valence-electron chi connectivity index (χ0n) is 9.66. The van der Waals surface area contributed by atoms with Gasteiger partial charge in [0.25, 0.3) is 0 Å². The molecule has 0 spiro atoms. The van der Waals surface area contributed by atoms with Crippen LogP contribution in [-0.2, 0) is 9.53 Å². The lowest BCUT2D eigenvalue weighted by atomic mass is 10.0. The number of hydrogen-bond donors (Lipinski definition) is 2. The molecule has 15 heavy (non-hydrogen) atoms. The zero-order chi connectivity index (χ0) is 11.3. The fourth-order valence-electron chi connectivity index (χ4n) is 1.55. The Morgan fingerprint density at radius 3 is 2.87 bits per heavy atom. The molecule has 3 N–H and O–H groups in total. The second kappa shape index (κ2) is 6.08. The summed E-state index contributed by atoms with van der Waals surface area (Å²) in [5.74, 6) is 0.511. The van der Waals surface area contributed by atoms with Crippen molar-refractivity contribution in [3.63, 3.8) is 0 Å². The first-order valence-electron chi connectivity index (χ1n) is 5.72. The van der Waals surface area contributed by atoms with Gasteiger partial charge in [0, 0.05) is 19.2 Å². The van der Waals surface area contributed by atoms with E-state index in [0.717, 1.165) is 19.4 Å². The standard InChI is InChI=1S/C11H22N2O2/c1-8(2)10(12)6-13-11(14)9-4-3-5-15-7-9/h8-10H,3-7,12H2,1-2H3,(H,13,14). The molecule has 2 unspecified atom stereocenters. The van der Waals surface area contributed by atoms with Gasteiger partial charge in [0.05, 0.1) is 12.5 Å². The average molecular weight is 214 g/mol. The highest BCUT2D eigenvalue weighted by Gasteiger charge is 2.22. The molecule has 0 saturated carbocycles. The van der Waals surface area contributed by atoms with Crippen molar-refractivity contribution in [2.45, 2.75) is 32.7 Å². The third-order valence-corrected chi connectivity index (χ3v) is 2.90. The molecule has 2 atom stereocenters. The Balaban J connectivity index is 2.22. The predicted molar refractivity (Wildman–Crippen MR) is 59.4 cm³/mol. The molecule has 1 heterocycles. The maximum atomic E-state index is 11.7. The number of rotatable bonds is 4. The number of carbonyl (C=O) groups excluding carboxylic acids is 1. The van der Waals surface area contributed by atoms with Gasteiger partial charge in [-0.15, -0.1) is 0 Å². The summed E-state index contributed by atoms with van der Waals surface area (Å²) in [6.07, 6.45) is 1.91. The second-order valence-electron chi connectivity index (χ2n) is 4.57. The van der Waals surface area contributed by atoms with Crippen molar-refractivity contribution in [2.75, 3.05) is 19.8 Å². The number of carbonyl (C=O) groups is 1. The highest BCUT2D eigenvalue weighted by Crippen LogP contribution is 2.13. The van der Waals surface area contributed by atoms with Gasteiger partial charge in [-0.1, -0.05) is 13.8 Å². The van der Waals surface area contributed by atoms with E-state index >= 15 is 0 Å². The van der Waals surface area contributed by atoms with Gasteiger partial charge in [0.15, 0.2) is 0 Å². The molecule has 0 bridgehead atoms. The first-order chi connectivity index (χ1) is 7.11. The number of nitrogens with one attached hydrogen (secondary N) is 1. The lowest BCUT2D eigenvalue weighted by Crippen LogP contribution is -2.44. The van der Waals surface area contributed by atoms with E-state index in [9.17, 15) is 4.79 Å². The van der Waals surface area contributed by atoms with E-state index in [2.05, 4.69) is 19.2 Å². The molecule has 1 rings (SSSR count). The number of ether oxygens (including phenoxy) is 1. The number of hydrogen-bond acceptors (Lipinski definition) is 3. The molecule has 0 aliphatic carbocycles. The number of nitrogens with two attached hydrogens (primary N) is 1. The zero-order valence-corrected chi connectivity index (χ0v) is 9.66. The molecule has 0 aromatic rings. The van der Waals surface area contributed by atoms with Crippen molar-refractivity contribution in [3.05, 3.63) is 0 Å². The van der Waals surface area contributed by atoms with E-state index in [-0.39, 0.29) is 17.9 Å². The van der Waals surface area contributed by atoms with Crippen molar-refractivity contribution in [1.29, 1.82) is 0 Å². The molecular weight excluding hydrogens is 192 g/mol. The molecule has 1 saturated heterocycles. The van der Waals surface area contributed by atoms with Crippen LogP contribution in [0.4, 0.5) is 0 Å². The van der Waals surface area contributed by atoms with Crippen LogP contribution in [0.2, 0.25) is 0 Å². The topological polar surface area (TPSA) is 64.3 Å². The lowest BCUT2D eigenvalue weighted by molar-refractivity contribution is -0.129. The van der Waals surface area contributed by atoms with E-state index in [4.69, 9.17) is 10.5 Å². The number of amides is 1. The van der Waals surface area contributed by atoms with Gasteiger partial charge in [-0.05, 0) is 18.8 Å². The van der Waals surface area contributed by atoms with Gasteiger partial charge >= 0.3 is 0 Å². The highest BCUT2D eigenvalue weighted by molar-refractivity contribution is 5.78. The summed E-state index contributed by atoms with van der Waals surface area (Å²) >= 11 is 0. The van der Waals surface area contributed by atoms with Crippen LogP contribution in [0.1, 0.15) is 26.7 Å². The molecule has 1 fully saturated rings. The van der Waals surface area contributed by atoms with Crippen LogP contribution in [0.5, 0.6) is 0 Å². The highest BCUT2D eigenvalue weighted by atomic mass is 16.5. The molecule has 1 aliphatic heterocycles. The summed E-state index contributed by atoms with van der Waals surface area (Å²) < 4.78 is 5.27. The van der Waals surface area contributed by atoms with E-state index in [1.54, 1.807) is 0 Å².